The number of rotatable bonds is 2. The number of hydrogen-bond donors (Lipinski definition) is 1. The van der Waals surface area contributed by atoms with Gasteiger partial charge in [-0.3, -0.25) is 9.78 Å². The Balaban J connectivity index is 2.17. The summed E-state index contributed by atoms with van der Waals surface area (Å²) in [4.78, 5) is 15.8. The van der Waals surface area contributed by atoms with Gasteiger partial charge in [0.15, 0.2) is 0 Å². The summed E-state index contributed by atoms with van der Waals surface area (Å²) in [7, 11) is 0. The first-order valence-electron chi connectivity index (χ1n) is 4.82. The average molecular weight is 312 g/mol. The molecule has 0 unspecified atom stereocenters. The van der Waals surface area contributed by atoms with Gasteiger partial charge in [0, 0.05) is 21.3 Å². The number of carbonyl (C=O) groups is 1. The van der Waals surface area contributed by atoms with Crippen molar-refractivity contribution in [3.63, 3.8) is 0 Å². The third kappa shape index (κ3) is 3.28. The van der Waals surface area contributed by atoms with Gasteiger partial charge < -0.3 is 5.32 Å². The number of pyridine rings is 1. The smallest absolute Gasteiger partial charge is 0.255 e. The van der Waals surface area contributed by atoms with E-state index in [9.17, 15) is 4.79 Å². The van der Waals surface area contributed by atoms with Gasteiger partial charge in [0.2, 0.25) is 0 Å². The van der Waals surface area contributed by atoms with E-state index in [2.05, 4.69) is 26.2 Å². The van der Waals surface area contributed by atoms with Crippen molar-refractivity contribution < 1.29 is 4.79 Å². The Morgan fingerprint density at radius 2 is 2.12 bits per heavy atom. The number of nitrogens with one attached hydrogen (secondary N) is 1. The van der Waals surface area contributed by atoms with E-state index in [-0.39, 0.29) is 5.91 Å². The second-order valence-electron chi connectivity index (χ2n) is 3.36. The Kier molecular flexibility index (Phi) is 3.76. The lowest BCUT2D eigenvalue weighted by Crippen LogP contribution is -2.11. The lowest BCUT2D eigenvalue weighted by atomic mass is 10.2. The van der Waals surface area contributed by atoms with Gasteiger partial charge in [-0.15, -0.1) is 0 Å². The summed E-state index contributed by atoms with van der Waals surface area (Å²) in [5.41, 5.74) is 1.14. The maximum atomic E-state index is 11.9. The zero-order valence-electron chi connectivity index (χ0n) is 8.65. The highest BCUT2D eigenvalue weighted by Gasteiger charge is 2.06. The minimum Gasteiger partial charge on any atom is -0.321 e. The number of hydrogen-bond acceptors (Lipinski definition) is 2. The molecule has 0 atom stereocenters. The molecule has 0 fully saturated rings. The molecule has 0 aliphatic carbocycles. The van der Waals surface area contributed by atoms with Crippen molar-refractivity contribution in [2.24, 2.45) is 0 Å². The van der Waals surface area contributed by atoms with Gasteiger partial charge in [-0.05, 0) is 40.2 Å². The fourth-order valence-electron chi connectivity index (χ4n) is 1.31. The Morgan fingerprint density at radius 3 is 2.82 bits per heavy atom. The molecule has 17 heavy (non-hydrogen) atoms. The molecule has 3 nitrogen and oxygen atoms in total. The second-order valence-corrected chi connectivity index (χ2v) is 4.71. The Bertz CT molecular complexity index is 560. The Labute approximate surface area is 112 Å². The number of aromatic nitrogens is 1. The van der Waals surface area contributed by atoms with Gasteiger partial charge in [-0.25, -0.2) is 0 Å². The fourth-order valence-corrected chi connectivity index (χ4v) is 1.87. The highest BCUT2D eigenvalue weighted by atomic mass is 79.9. The van der Waals surface area contributed by atoms with Gasteiger partial charge >= 0.3 is 0 Å². The molecule has 86 valence electrons. The quantitative estimate of drug-likeness (QED) is 0.918. The van der Waals surface area contributed by atoms with Crippen molar-refractivity contribution in [3.05, 3.63) is 57.8 Å². The molecular formula is C12H8BrClN2O. The molecule has 1 N–H and O–H groups in total. The van der Waals surface area contributed by atoms with Crippen LogP contribution < -0.4 is 5.32 Å². The predicted octanol–water partition coefficient (Wildman–Crippen LogP) is 3.75. The summed E-state index contributed by atoms with van der Waals surface area (Å²) < 4.78 is 0.807. The number of amides is 1. The molecule has 5 heteroatoms. The second kappa shape index (κ2) is 5.29. The third-order valence-corrected chi connectivity index (χ3v) is 2.72. The molecule has 0 saturated heterocycles. The first-order chi connectivity index (χ1) is 8.15. The first-order valence-corrected chi connectivity index (χ1v) is 6.00. The molecule has 0 aliphatic rings. The van der Waals surface area contributed by atoms with E-state index < -0.39 is 0 Å². The van der Waals surface area contributed by atoms with Crippen LogP contribution in [-0.4, -0.2) is 10.9 Å². The van der Waals surface area contributed by atoms with Crippen LogP contribution >= 0.6 is 27.5 Å². The Morgan fingerprint density at radius 1 is 1.29 bits per heavy atom. The number of halogens is 2. The SMILES string of the molecule is O=C(Nc1cncc(Br)c1)c1cccc(Cl)c1. The molecule has 1 aromatic carbocycles. The molecule has 0 bridgehead atoms. The van der Waals surface area contributed by atoms with Crippen molar-refractivity contribution >= 4 is 39.1 Å². The van der Waals surface area contributed by atoms with Crippen LogP contribution in [0.15, 0.2) is 47.2 Å². The van der Waals surface area contributed by atoms with Crippen LogP contribution in [0.25, 0.3) is 0 Å². The van der Waals surface area contributed by atoms with Crippen LogP contribution in [0.1, 0.15) is 10.4 Å². The van der Waals surface area contributed by atoms with E-state index in [0.717, 1.165) is 4.47 Å². The van der Waals surface area contributed by atoms with Crippen LogP contribution in [-0.2, 0) is 0 Å². The van der Waals surface area contributed by atoms with E-state index in [0.29, 0.717) is 16.3 Å². The van der Waals surface area contributed by atoms with E-state index in [1.54, 1.807) is 42.7 Å². The van der Waals surface area contributed by atoms with E-state index in [4.69, 9.17) is 11.6 Å². The minimum absolute atomic E-state index is 0.215. The largest absolute Gasteiger partial charge is 0.321 e. The third-order valence-electron chi connectivity index (χ3n) is 2.05. The summed E-state index contributed by atoms with van der Waals surface area (Å²) in [6.07, 6.45) is 3.22. The number of carbonyl (C=O) groups excluding carboxylic acids is 1. The summed E-state index contributed by atoms with van der Waals surface area (Å²) in [5, 5.41) is 3.27. The molecule has 0 saturated carbocycles. The maximum absolute atomic E-state index is 11.9. The van der Waals surface area contributed by atoms with E-state index >= 15 is 0 Å². The zero-order chi connectivity index (χ0) is 12.3. The number of nitrogens with zero attached hydrogens (tertiary/aromatic N) is 1. The Hall–Kier alpha value is -1.39. The molecule has 1 heterocycles. The molecule has 0 spiro atoms. The highest BCUT2D eigenvalue weighted by molar-refractivity contribution is 9.10. The van der Waals surface area contributed by atoms with Gasteiger partial charge in [-0.1, -0.05) is 17.7 Å². The number of benzene rings is 1. The normalized spacial score (nSPS) is 10.0. The van der Waals surface area contributed by atoms with Crippen LogP contribution in [0, 0.1) is 0 Å². The van der Waals surface area contributed by atoms with Crippen LogP contribution in [0.3, 0.4) is 0 Å². The fraction of sp³-hybridized carbons (Fsp3) is 0. The molecule has 1 amide bonds. The van der Waals surface area contributed by atoms with E-state index in [1.165, 1.54) is 0 Å². The van der Waals surface area contributed by atoms with Crippen LogP contribution in [0.4, 0.5) is 5.69 Å². The monoisotopic (exact) mass is 310 g/mol. The van der Waals surface area contributed by atoms with Gasteiger partial charge in [0.05, 0.1) is 11.9 Å². The average Bonchev–Trinajstić information content (AvgIpc) is 2.29. The molecule has 2 rings (SSSR count). The summed E-state index contributed by atoms with van der Waals surface area (Å²) >= 11 is 9.10. The topological polar surface area (TPSA) is 42.0 Å². The standard InChI is InChI=1S/C12H8BrClN2O/c13-9-5-11(7-15-6-9)16-12(17)8-2-1-3-10(14)4-8/h1-7H,(H,16,17). The van der Waals surface area contributed by atoms with Crippen molar-refractivity contribution in [2.45, 2.75) is 0 Å². The predicted molar refractivity (Wildman–Crippen MR) is 71.3 cm³/mol. The highest BCUT2D eigenvalue weighted by Crippen LogP contribution is 2.16. The van der Waals surface area contributed by atoms with Crippen molar-refractivity contribution in [3.8, 4) is 0 Å². The zero-order valence-corrected chi connectivity index (χ0v) is 11.0. The van der Waals surface area contributed by atoms with Crippen LogP contribution in [0.2, 0.25) is 5.02 Å². The van der Waals surface area contributed by atoms with Crippen LogP contribution in [0.5, 0.6) is 0 Å². The molecule has 0 radical (unpaired) electrons. The molecule has 0 aliphatic heterocycles. The molecular weight excluding hydrogens is 304 g/mol. The summed E-state index contributed by atoms with van der Waals surface area (Å²) in [5.74, 6) is -0.215. The number of anilines is 1. The summed E-state index contributed by atoms with van der Waals surface area (Å²) in [6.45, 7) is 0. The minimum atomic E-state index is -0.215. The lowest BCUT2D eigenvalue weighted by Gasteiger charge is -2.05. The lowest BCUT2D eigenvalue weighted by molar-refractivity contribution is 0.102. The van der Waals surface area contributed by atoms with Crippen molar-refractivity contribution in [2.75, 3.05) is 5.32 Å². The van der Waals surface area contributed by atoms with Crippen molar-refractivity contribution in [1.29, 1.82) is 0 Å². The first kappa shape index (κ1) is 12.1. The maximum Gasteiger partial charge on any atom is 0.255 e. The van der Waals surface area contributed by atoms with E-state index in [1.807, 2.05) is 0 Å². The van der Waals surface area contributed by atoms with Crippen molar-refractivity contribution in [1.82, 2.24) is 4.98 Å². The summed E-state index contributed by atoms with van der Waals surface area (Å²) in [6, 6.07) is 8.54. The molecule has 2 aromatic rings. The van der Waals surface area contributed by atoms with Gasteiger partial charge in [0.25, 0.3) is 5.91 Å². The van der Waals surface area contributed by atoms with Gasteiger partial charge in [0.1, 0.15) is 0 Å². The van der Waals surface area contributed by atoms with Gasteiger partial charge in [-0.2, -0.15) is 0 Å². The molecule has 1 aromatic heterocycles.